The Hall–Kier alpha value is -1.67. The van der Waals surface area contributed by atoms with Gasteiger partial charge in [0.15, 0.2) is 0 Å². The molecule has 0 aliphatic heterocycles. The van der Waals surface area contributed by atoms with E-state index in [0.29, 0.717) is 17.1 Å². The SMILES string of the molecule is Nc1cccc(SCCS(=O)(=O)Nc2cnoc2)c1. The lowest BCUT2D eigenvalue weighted by atomic mass is 10.3. The molecule has 2 aromatic rings. The summed E-state index contributed by atoms with van der Waals surface area (Å²) in [5.41, 5.74) is 6.64. The van der Waals surface area contributed by atoms with Gasteiger partial charge in [-0.1, -0.05) is 11.2 Å². The first kappa shape index (κ1) is 13.8. The topological polar surface area (TPSA) is 98.2 Å². The van der Waals surface area contributed by atoms with Crippen LogP contribution in [0.1, 0.15) is 0 Å². The molecule has 2 rings (SSSR count). The van der Waals surface area contributed by atoms with Crippen LogP contribution in [0.2, 0.25) is 0 Å². The van der Waals surface area contributed by atoms with Crippen molar-refractivity contribution in [1.29, 1.82) is 0 Å². The number of sulfonamides is 1. The van der Waals surface area contributed by atoms with Crippen LogP contribution in [0.25, 0.3) is 0 Å². The summed E-state index contributed by atoms with van der Waals surface area (Å²) in [6.07, 6.45) is 2.55. The standard InChI is InChI=1S/C11H13N3O3S2/c12-9-2-1-3-11(6-9)18-4-5-19(15,16)14-10-7-13-17-8-10/h1-3,6-8,14H,4-5,12H2. The molecular formula is C11H13N3O3S2. The summed E-state index contributed by atoms with van der Waals surface area (Å²) in [4.78, 5) is 0.945. The molecule has 0 unspecified atom stereocenters. The lowest BCUT2D eigenvalue weighted by Gasteiger charge is -2.05. The van der Waals surface area contributed by atoms with E-state index in [-0.39, 0.29) is 5.75 Å². The van der Waals surface area contributed by atoms with Crippen LogP contribution in [0.4, 0.5) is 11.4 Å². The van der Waals surface area contributed by atoms with Crippen LogP contribution in [-0.4, -0.2) is 25.1 Å². The zero-order valence-corrected chi connectivity index (χ0v) is 11.6. The molecule has 3 N–H and O–H groups in total. The second-order valence-corrected chi connectivity index (χ2v) is 6.77. The van der Waals surface area contributed by atoms with Gasteiger partial charge >= 0.3 is 0 Å². The van der Waals surface area contributed by atoms with Crippen molar-refractivity contribution in [1.82, 2.24) is 5.16 Å². The van der Waals surface area contributed by atoms with Crippen LogP contribution < -0.4 is 10.5 Å². The van der Waals surface area contributed by atoms with E-state index in [9.17, 15) is 8.42 Å². The largest absolute Gasteiger partial charge is 0.399 e. The van der Waals surface area contributed by atoms with E-state index in [4.69, 9.17) is 5.73 Å². The highest BCUT2D eigenvalue weighted by Crippen LogP contribution is 2.20. The summed E-state index contributed by atoms with van der Waals surface area (Å²) in [5.74, 6) is 0.432. The fourth-order valence-electron chi connectivity index (χ4n) is 1.36. The molecule has 1 aromatic carbocycles. The molecule has 1 aromatic heterocycles. The molecular weight excluding hydrogens is 286 g/mol. The monoisotopic (exact) mass is 299 g/mol. The van der Waals surface area contributed by atoms with Crippen molar-refractivity contribution in [2.45, 2.75) is 4.90 Å². The van der Waals surface area contributed by atoms with Crippen molar-refractivity contribution in [3.05, 3.63) is 36.7 Å². The van der Waals surface area contributed by atoms with Gasteiger partial charge in [0, 0.05) is 16.3 Å². The highest BCUT2D eigenvalue weighted by molar-refractivity contribution is 8.01. The van der Waals surface area contributed by atoms with Gasteiger partial charge in [0.1, 0.15) is 12.0 Å². The Morgan fingerprint density at radius 3 is 2.95 bits per heavy atom. The Kier molecular flexibility index (Phi) is 4.33. The molecule has 0 spiro atoms. The quantitative estimate of drug-likeness (QED) is 0.623. The molecule has 0 atom stereocenters. The minimum atomic E-state index is -3.39. The van der Waals surface area contributed by atoms with Crippen molar-refractivity contribution in [3.63, 3.8) is 0 Å². The molecule has 6 nitrogen and oxygen atoms in total. The predicted molar refractivity (Wildman–Crippen MR) is 75.5 cm³/mol. The molecule has 19 heavy (non-hydrogen) atoms. The third-order valence-electron chi connectivity index (χ3n) is 2.18. The van der Waals surface area contributed by atoms with E-state index in [1.165, 1.54) is 24.2 Å². The van der Waals surface area contributed by atoms with Gasteiger partial charge in [0.05, 0.1) is 11.9 Å². The van der Waals surface area contributed by atoms with Crippen LogP contribution in [0.5, 0.6) is 0 Å². The number of nitrogen functional groups attached to an aromatic ring is 1. The zero-order chi connectivity index (χ0) is 13.7. The van der Waals surface area contributed by atoms with Crippen molar-refractivity contribution in [2.24, 2.45) is 0 Å². The number of hydrogen-bond donors (Lipinski definition) is 2. The first-order chi connectivity index (χ1) is 9.05. The number of benzene rings is 1. The third kappa shape index (κ3) is 4.49. The number of aromatic nitrogens is 1. The molecule has 0 bridgehead atoms. The van der Waals surface area contributed by atoms with Crippen molar-refractivity contribution in [3.8, 4) is 0 Å². The van der Waals surface area contributed by atoms with Gasteiger partial charge < -0.3 is 10.3 Å². The number of anilines is 2. The maximum absolute atomic E-state index is 11.7. The maximum Gasteiger partial charge on any atom is 0.233 e. The van der Waals surface area contributed by atoms with Crippen LogP contribution in [0.15, 0.2) is 46.1 Å². The minimum absolute atomic E-state index is 0.00234. The lowest BCUT2D eigenvalue weighted by Crippen LogP contribution is -2.17. The van der Waals surface area contributed by atoms with Gasteiger partial charge in [-0.05, 0) is 18.2 Å². The van der Waals surface area contributed by atoms with Gasteiger partial charge in [-0.25, -0.2) is 8.42 Å². The summed E-state index contributed by atoms with van der Waals surface area (Å²) in [6.45, 7) is 0. The number of nitrogens with two attached hydrogens (primary N) is 1. The van der Waals surface area contributed by atoms with Crippen LogP contribution in [-0.2, 0) is 10.0 Å². The van der Waals surface area contributed by atoms with Crippen LogP contribution >= 0.6 is 11.8 Å². The Bertz CT molecular complexity index is 626. The van der Waals surface area contributed by atoms with Gasteiger partial charge in [0.2, 0.25) is 10.0 Å². The Balaban J connectivity index is 1.85. The van der Waals surface area contributed by atoms with Gasteiger partial charge in [-0.15, -0.1) is 11.8 Å². The van der Waals surface area contributed by atoms with E-state index in [1.54, 1.807) is 6.07 Å². The summed E-state index contributed by atoms with van der Waals surface area (Å²) in [7, 11) is -3.39. The average molecular weight is 299 g/mol. The van der Waals surface area contributed by atoms with Crippen LogP contribution in [0.3, 0.4) is 0 Å². The fourth-order valence-corrected chi connectivity index (χ4v) is 3.76. The normalized spacial score (nSPS) is 11.4. The molecule has 0 aliphatic carbocycles. The highest BCUT2D eigenvalue weighted by atomic mass is 32.2. The molecule has 0 fully saturated rings. The number of thioether (sulfide) groups is 1. The van der Waals surface area contributed by atoms with Gasteiger partial charge in [0.25, 0.3) is 0 Å². The second-order valence-electron chi connectivity index (χ2n) is 3.75. The van der Waals surface area contributed by atoms with E-state index in [1.807, 2.05) is 18.2 Å². The highest BCUT2D eigenvalue weighted by Gasteiger charge is 2.11. The van der Waals surface area contributed by atoms with Crippen molar-refractivity contribution < 1.29 is 12.9 Å². The molecule has 0 radical (unpaired) electrons. The summed E-state index contributed by atoms with van der Waals surface area (Å²) >= 11 is 1.44. The van der Waals surface area contributed by atoms with Gasteiger partial charge in [-0.2, -0.15) is 0 Å². The minimum Gasteiger partial charge on any atom is -0.399 e. The van der Waals surface area contributed by atoms with E-state index in [0.717, 1.165) is 4.90 Å². The molecule has 8 heteroatoms. The maximum atomic E-state index is 11.7. The third-order valence-corrected chi connectivity index (χ3v) is 4.73. The lowest BCUT2D eigenvalue weighted by molar-refractivity contribution is 0.420. The molecule has 0 saturated carbocycles. The first-order valence-electron chi connectivity index (χ1n) is 5.43. The molecule has 1 heterocycles. The zero-order valence-electron chi connectivity index (χ0n) is 9.94. The smallest absolute Gasteiger partial charge is 0.233 e. The molecule has 0 saturated heterocycles. The van der Waals surface area contributed by atoms with Gasteiger partial charge in [-0.3, -0.25) is 4.72 Å². The molecule has 0 aliphatic rings. The van der Waals surface area contributed by atoms with Crippen molar-refractivity contribution >= 4 is 33.2 Å². The van der Waals surface area contributed by atoms with E-state index < -0.39 is 10.0 Å². The fraction of sp³-hybridized carbons (Fsp3) is 0.182. The number of nitrogens with one attached hydrogen (secondary N) is 1. The van der Waals surface area contributed by atoms with Crippen LogP contribution in [0, 0.1) is 0 Å². The van der Waals surface area contributed by atoms with E-state index in [2.05, 4.69) is 14.4 Å². The molecule has 102 valence electrons. The Morgan fingerprint density at radius 2 is 2.26 bits per heavy atom. The number of rotatable bonds is 6. The summed E-state index contributed by atoms with van der Waals surface area (Å²) in [6, 6.07) is 7.32. The number of nitrogens with zero attached hydrogens (tertiary/aromatic N) is 1. The predicted octanol–water partition coefficient (Wildman–Crippen LogP) is 1.79. The Morgan fingerprint density at radius 1 is 1.42 bits per heavy atom. The van der Waals surface area contributed by atoms with E-state index >= 15 is 0 Å². The number of hydrogen-bond acceptors (Lipinski definition) is 6. The summed E-state index contributed by atoms with van der Waals surface area (Å²) < 4.78 is 30.4. The first-order valence-corrected chi connectivity index (χ1v) is 8.07. The summed E-state index contributed by atoms with van der Waals surface area (Å²) in [5, 5.41) is 3.42. The second kappa shape index (κ2) is 5.98. The average Bonchev–Trinajstić information content (AvgIpc) is 2.80. The molecule has 0 amide bonds. The van der Waals surface area contributed by atoms with Crippen molar-refractivity contribution in [2.75, 3.05) is 22.0 Å². The Labute approximate surface area is 115 Å².